The topological polar surface area (TPSA) is 77.3 Å². The Hall–Kier alpha value is -9.52. The van der Waals surface area contributed by atoms with Crippen molar-refractivity contribution in [3.05, 3.63) is 383 Å². The summed E-state index contributed by atoms with van der Waals surface area (Å²) in [6.45, 7) is 21.2. The number of hydrogen-bond acceptors (Lipinski definition) is 6. The van der Waals surface area contributed by atoms with E-state index in [1.165, 1.54) is 48.9 Å². The first-order chi connectivity index (χ1) is 49.5. The molecule has 15 rings (SSSR count). The minimum atomic E-state index is -1.32. The van der Waals surface area contributed by atoms with Gasteiger partial charge in [-0.05, 0) is 69.7 Å². The standard InChI is InChI=1S/3C20H20NSi.3C11H8N.3Ir/c1-22(2,3)19-13-11-17(12-14-19)16-7-9-18(10-8-16)20-6-4-5-15-21-20;1-22(2,3)19-13-14-21-20(15-19)18-11-9-17(10-12-18)16-7-5-4-6-8-16;1-22(2,3)19-13-14-20(21-15-19)18-11-9-17(10-12-18)16-7-5-4-6-8-16;3*1-2-6-10(7-3-1)11-8-4-5-9-12-11;;;/h4-9,11-15H,1-3H3;2*4-11,13-15H,1-3H3;3*1-6,8-9H;;;/q6*-1;;;. The van der Waals surface area contributed by atoms with Gasteiger partial charge < -0.3 is 29.9 Å². The van der Waals surface area contributed by atoms with Crippen molar-refractivity contribution in [2.45, 2.75) is 58.9 Å². The summed E-state index contributed by atoms with van der Waals surface area (Å²) in [4.78, 5) is 26.2. The Bertz CT molecular complexity index is 4450. The first kappa shape index (κ1) is 82.8. The Morgan fingerprint density at radius 3 is 0.800 bits per heavy atom. The molecule has 6 heterocycles. The van der Waals surface area contributed by atoms with Gasteiger partial charge >= 0.3 is 0 Å². The van der Waals surface area contributed by atoms with E-state index in [-0.39, 0.29) is 60.3 Å². The molecule has 6 nitrogen and oxygen atoms in total. The molecule has 12 heteroatoms. The van der Waals surface area contributed by atoms with E-state index in [1.807, 2.05) is 195 Å². The monoisotopic (exact) mass is 1950 g/mol. The average molecular weight is 1950 g/mol. The number of rotatable bonds is 12. The molecular formula is C93H84Ir3N6Si3-6. The van der Waals surface area contributed by atoms with Crippen LogP contribution in [0.4, 0.5) is 0 Å². The quantitative estimate of drug-likeness (QED) is 0.0896. The molecule has 15 aromatic rings. The van der Waals surface area contributed by atoms with E-state index < -0.39 is 24.2 Å². The van der Waals surface area contributed by atoms with Crippen molar-refractivity contribution in [2.75, 3.05) is 0 Å². The van der Waals surface area contributed by atoms with Gasteiger partial charge in [-0.2, -0.15) is 0 Å². The second kappa shape index (κ2) is 41.8. The van der Waals surface area contributed by atoms with Gasteiger partial charge in [0.15, 0.2) is 0 Å². The van der Waals surface area contributed by atoms with Gasteiger partial charge in [0.1, 0.15) is 0 Å². The summed E-state index contributed by atoms with van der Waals surface area (Å²) in [5, 5.41) is 4.31. The van der Waals surface area contributed by atoms with Crippen LogP contribution < -0.4 is 15.6 Å². The van der Waals surface area contributed by atoms with Crippen LogP contribution in [0.25, 0.3) is 101 Å². The number of pyridine rings is 6. The normalized spacial score (nSPS) is 10.5. The van der Waals surface area contributed by atoms with Crippen molar-refractivity contribution in [3.8, 4) is 101 Å². The molecule has 0 aliphatic heterocycles. The molecule has 3 radical (unpaired) electrons. The van der Waals surface area contributed by atoms with Crippen LogP contribution in [-0.4, -0.2) is 54.1 Å². The predicted octanol–water partition coefficient (Wildman–Crippen LogP) is 21.9. The molecule has 0 saturated carbocycles. The van der Waals surface area contributed by atoms with Crippen LogP contribution >= 0.6 is 0 Å². The third-order valence-electron chi connectivity index (χ3n) is 16.4. The molecule has 0 atom stereocenters. The number of aromatic nitrogens is 6. The van der Waals surface area contributed by atoms with E-state index in [4.69, 9.17) is 0 Å². The third kappa shape index (κ3) is 25.9. The molecule has 0 amide bonds. The second-order valence-corrected chi connectivity index (χ2v) is 42.3. The van der Waals surface area contributed by atoms with Crippen molar-refractivity contribution >= 4 is 39.8 Å². The van der Waals surface area contributed by atoms with Gasteiger partial charge in [0.2, 0.25) is 0 Å². The van der Waals surface area contributed by atoms with Gasteiger partial charge in [-0.15, -0.1) is 197 Å². The summed E-state index contributed by atoms with van der Waals surface area (Å²) in [5.74, 6) is 0. The Kier molecular flexibility index (Phi) is 33.0. The summed E-state index contributed by atoms with van der Waals surface area (Å²) in [6, 6.07) is 124. The second-order valence-electron chi connectivity index (χ2n) is 27.1. The van der Waals surface area contributed by atoms with Crippen LogP contribution in [0.1, 0.15) is 0 Å². The van der Waals surface area contributed by atoms with Gasteiger partial charge in [-0.1, -0.05) is 254 Å². The van der Waals surface area contributed by atoms with Crippen molar-refractivity contribution in [2.24, 2.45) is 0 Å². The molecular weight excluding hydrogens is 1860 g/mol. The largest absolute Gasteiger partial charge is 0.305 e. The summed E-state index contributed by atoms with van der Waals surface area (Å²) in [5.41, 5.74) is 19.4. The summed E-state index contributed by atoms with van der Waals surface area (Å²) in [6.07, 6.45) is 11.1. The number of hydrogen-bond donors (Lipinski definition) is 0. The summed E-state index contributed by atoms with van der Waals surface area (Å²) >= 11 is 0. The summed E-state index contributed by atoms with van der Waals surface area (Å²) in [7, 11) is -3.82. The molecule has 0 fully saturated rings. The fraction of sp³-hybridized carbons (Fsp3) is 0.0968. The smallest absolute Gasteiger partial charge is 0.0795 e. The number of benzene rings is 9. The molecule has 0 aliphatic carbocycles. The minimum Gasteiger partial charge on any atom is -0.305 e. The Morgan fingerprint density at radius 1 is 0.210 bits per heavy atom. The molecule has 0 saturated heterocycles. The van der Waals surface area contributed by atoms with Crippen LogP contribution in [0, 0.1) is 36.4 Å². The molecule has 0 N–H and O–H groups in total. The summed E-state index contributed by atoms with van der Waals surface area (Å²) < 4.78 is 0. The van der Waals surface area contributed by atoms with E-state index in [9.17, 15) is 0 Å². The zero-order chi connectivity index (χ0) is 71.4. The maximum Gasteiger partial charge on any atom is 0.0795 e. The van der Waals surface area contributed by atoms with E-state index in [1.54, 1.807) is 18.6 Å². The van der Waals surface area contributed by atoms with Crippen LogP contribution in [0.5, 0.6) is 0 Å². The zero-order valence-corrected chi connectivity index (χ0v) is 70.8. The molecule has 0 aliphatic rings. The average Bonchev–Trinajstić information content (AvgIpc) is 0.830. The van der Waals surface area contributed by atoms with Gasteiger partial charge in [-0.25, -0.2) is 0 Å². The van der Waals surface area contributed by atoms with Crippen molar-refractivity contribution in [1.82, 2.24) is 29.9 Å². The van der Waals surface area contributed by atoms with Gasteiger partial charge in [-0.3, -0.25) is 0 Å². The van der Waals surface area contributed by atoms with Crippen LogP contribution in [0.2, 0.25) is 58.9 Å². The van der Waals surface area contributed by atoms with Crippen LogP contribution in [0.15, 0.2) is 347 Å². The fourth-order valence-corrected chi connectivity index (χ4v) is 13.8. The van der Waals surface area contributed by atoms with E-state index >= 15 is 0 Å². The zero-order valence-electron chi connectivity index (χ0n) is 60.6. The van der Waals surface area contributed by atoms with Crippen molar-refractivity contribution < 1.29 is 60.3 Å². The molecule has 105 heavy (non-hydrogen) atoms. The molecule has 9 aromatic carbocycles. The Labute approximate surface area is 666 Å². The Balaban J connectivity index is 0.000000179. The van der Waals surface area contributed by atoms with E-state index in [0.717, 1.165) is 67.5 Å². The van der Waals surface area contributed by atoms with E-state index in [0.29, 0.717) is 0 Å². The maximum atomic E-state index is 4.62. The van der Waals surface area contributed by atoms with Crippen LogP contribution in [0.3, 0.4) is 0 Å². The van der Waals surface area contributed by atoms with Gasteiger partial charge in [0, 0.05) is 97.5 Å². The van der Waals surface area contributed by atoms with Crippen molar-refractivity contribution in [1.29, 1.82) is 0 Å². The predicted molar refractivity (Wildman–Crippen MR) is 436 cm³/mol. The van der Waals surface area contributed by atoms with Crippen LogP contribution in [-0.2, 0) is 60.3 Å². The number of nitrogens with zero attached hydrogens (tertiary/aromatic N) is 6. The minimum absolute atomic E-state index is 0. The molecule has 0 unspecified atom stereocenters. The van der Waals surface area contributed by atoms with Gasteiger partial charge in [0.25, 0.3) is 0 Å². The van der Waals surface area contributed by atoms with E-state index in [2.05, 4.69) is 259 Å². The molecule has 0 bridgehead atoms. The molecule has 531 valence electrons. The van der Waals surface area contributed by atoms with Crippen molar-refractivity contribution in [3.63, 3.8) is 0 Å². The molecule has 0 spiro atoms. The third-order valence-corrected chi connectivity index (χ3v) is 22.6. The first-order valence-electron chi connectivity index (χ1n) is 34.3. The fourth-order valence-electron chi connectivity index (χ4n) is 10.5. The molecule has 6 aromatic heterocycles. The SMILES string of the molecule is C[Si](C)(C)c1ccc(-c2[c-]cc(-c3ccccc3)cc2)nc1.C[Si](C)(C)c1ccc(-c2c[c-]c(-c3ccccn3)cc2)cc1.C[Si](C)(C)c1ccnc(-c2[c-]cc(-c3ccccc3)cc2)c1.[Ir].[Ir].[Ir].[c-]1ccccc1-c1ccccn1.[c-]1ccccc1-c1ccccn1.[c-]1ccccc1-c1ccccn1. The van der Waals surface area contributed by atoms with Gasteiger partial charge in [0.05, 0.1) is 24.2 Å². The maximum absolute atomic E-state index is 4.62. The Morgan fingerprint density at radius 2 is 0.505 bits per heavy atom. The first-order valence-corrected chi connectivity index (χ1v) is 44.8.